The van der Waals surface area contributed by atoms with Crippen LogP contribution in [0.2, 0.25) is 0 Å². The van der Waals surface area contributed by atoms with E-state index in [1.807, 2.05) is 0 Å². The molecular weight excluding hydrogens is 216 g/mol. The Hall–Kier alpha value is -0.490. The van der Waals surface area contributed by atoms with Gasteiger partial charge in [0.15, 0.2) is 0 Å². The molecule has 1 heteroatoms. The minimum absolute atomic E-state index is 0.409. The van der Waals surface area contributed by atoms with Crippen LogP contribution in [0.25, 0.3) is 0 Å². The molecule has 0 heterocycles. The fourth-order valence-corrected chi connectivity index (χ4v) is 3.26. The van der Waals surface area contributed by atoms with E-state index >= 15 is 0 Å². The van der Waals surface area contributed by atoms with Crippen molar-refractivity contribution in [2.24, 2.45) is 5.41 Å². The lowest BCUT2D eigenvalue weighted by Crippen LogP contribution is -2.34. The van der Waals surface area contributed by atoms with Gasteiger partial charge in [-0.05, 0) is 62.1 Å². The molecule has 0 N–H and O–H groups in total. The molecule has 0 radical (unpaired) electrons. The normalized spacial score (nSPS) is 18.2. The van der Waals surface area contributed by atoms with Crippen LogP contribution in [-0.4, -0.2) is 5.88 Å². The van der Waals surface area contributed by atoms with Gasteiger partial charge < -0.3 is 0 Å². The Kier molecular flexibility index (Phi) is 3.30. The Bertz CT molecular complexity index is 360. The third-order valence-corrected chi connectivity index (χ3v) is 4.66. The molecule has 0 nitrogen and oxygen atoms in total. The second-order valence-electron chi connectivity index (χ2n) is 5.54. The molecule has 2 rings (SSSR count). The molecule has 88 valence electrons. The summed E-state index contributed by atoms with van der Waals surface area (Å²) in [5, 5.41) is 0. The summed E-state index contributed by atoms with van der Waals surface area (Å²) in [4.78, 5) is 0. The SMILES string of the molecule is Cc1cc(C)c(CC2(CCl)CCC2)c(C)c1. The summed E-state index contributed by atoms with van der Waals surface area (Å²) < 4.78 is 0. The molecule has 0 atom stereocenters. The van der Waals surface area contributed by atoms with Gasteiger partial charge in [-0.25, -0.2) is 0 Å². The molecule has 0 saturated heterocycles. The first-order chi connectivity index (χ1) is 7.56. The van der Waals surface area contributed by atoms with E-state index in [9.17, 15) is 0 Å². The zero-order valence-electron chi connectivity index (χ0n) is 10.6. The van der Waals surface area contributed by atoms with E-state index in [2.05, 4.69) is 32.9 Å². The van der Waals surface area contributed by atoms with Gasteiger partial charge in [0.1, 0.15) is 0 Å². The van der Waals surface area contributed by atoms with Crippen LogP contribution >= 0.6 is 11.6 Å². The van der Waals surface area contributed by atoms with E-state index in [1.54, 1.807) is 0 Å². The van der Waals surface area contributed by atoms with Crippen molar-refractivity contribution in [1.82, 2.24) is 0 Å². The minimum Gasteiger partial charge on any atom is -0.126 e. The Balaban J connectivity index is 2.27. The van der Waals surface area contributed by atoms with E-state index in [4.69, 9.17) is 11.6 Å². The van der Waals surface area contributed by atoms with Crippen LogP contribution in [0, 0.1) is 26.2 Å². The van der Waals surface area contributed by atoms with E-state index in [0.29, 0.717) is 5.41 Å². The van der Waals surface area contributed by atoms with Gasteiger partial charge in [0.2, 0.25) is 0 Å². The van der Waals surface area contributed by atoms with E-state index in [-0.39, 0.29) is 0 Å². The van der Waals surface area contributed by atoms with Crippen LogP contribution < -0.4 is 0 Å². The monoisotopic (exact) mass is 236 g/mol. The largest absolute Gasteiger partial charge is 0.126 e. The highest BCUT2D eigenvalue weighted by Gasteiger charge is 2.36. The molecule has 0 aliphatic heterocycles. The quantitative estimate of drug-likeness (QED) is 0.675. The second kappa shape index (κ2) is 4.41. The highest BCUT2D eigenvalue weighted by atomic mass is 35.5. The summed E-state index contributed by atoms with van der Waals surface area (Å²) in [7, 11) is 0. The summed E-state index contributed by atoms with van der Waals surface area (Å²) in [6.45, 7) is 6.64. The Morgan fingerprint density at radius 3 is 2.06 bits per heavy atom. The van der Waals surface area contributed by atoms with Crippen LogP contribution in [-0.2, 0) is 6.42 Å². The molecule has 0 unspecified atom stereocenters. The first kappa shape index (κ1) is 12.0. The summed E-state index contributed by atoms with van der Waals surface area (Å²) >= 11 is 6.15. The maximum atomic E-state index is 6.15. The molecule has 1 aromatic carbocycles. The third-order valence-electron chi connectivity index (χ3n) is 4.09. The fourth-order valence-electron chi connectivity index (χ4n) is 2.90. The van der Waals surface area contributed by atoms with Crippen molar-refractivity contribution in [1.29, 1.82) is 0 Å². The summed E-state index contributed by atoms with van der Waals surface area (Å²) in [5.74, 6) is 0.819. The molecule has 1 aliphatic carbocycles. The van der Waals surface area contributed by atoms with Gasteiger partial charge in [-0.15, -0.1) is 11.6 Å². The number of alkyl halides is 1. The molecular formula is C15H21Cl. The number of aryl methyl sites for hydroxylation is 3. The lowest BCUT2D eigenvalue weighted by Gasteiger charge is -2.41. The van der Waals surface area contributed by atoms with Crippen LogP contribution in [0.15, 0.2) is 12.1 Å². The highest BCUT2D eigenvalue weighted by molar-refractivity contribution is 6.18. The summed E-state index contributed by atoms with van der Waals surface area (Å²) in [6, 6.07) is 4.59. The molecule has 1 aromatic rings. The van der Waals surface area contributed by atoms with Crippen LogP contribution in [0.1, 0.15) is 41.5 Å². The fraction of sp³-hybridized carbons (Fsp3) is 0.600. The number of hydrogen-bond donors (Lipinski definition) is 0. The Labute approximate surface area is 104 Å². The summed E-state index contributed by atoms with van der Waals surface area (Å²) in [6.07, 6.45) is 5.15. The van der Waals surface area contributed by atoms with Gasteiger partial charge in [-0.1, -0.05) is 24.1 Å². The zero-order valence-corrected chi connectivity index (χ0v) is 11.3. The van der Waals surface area contributed by atoms with E-state index in [0.717, 1.165) is 5.88 Å². The lowest BCUT2D eigenvalue weighted by molar-refractivity contribution is 0.165. The molecule has 1 saturated carbocycles. The maximum absolute atomic E-state index is 6.15. The molecule has 0 aromatic heterocycles. The molecule has 1 aliphatic rings. The van der Waals surface area contributed by atoms with E-state index in [1.165, 1.54) is 47.9 Å². The van der Waals surface area contributed by atoms with Gasteiger partial charge in [0.05, 0.1) is 0 Å². The second-order valence-corrected chi connectivity index (χ2v) is 5.81. The first-order valence-electron chi connectivity index (χ1n) is 6.19. The van der Waals surface area contributed by atoms with Crippen molar-refractivity contribution >= 4 is 11.6 Å². The van der Waals surface area contributed by atoms with Gasteiger partial charge in [-0.3, -0.25) is 0 Å². The van der Waals surface area contributed by atoms with Gasteiger partial charge in [0.25, 0.3) is 0 Å². The molecule has 0 bridgehead atoms. The summed E-state index contributed by atoms with van der Waals surface area (Å²) in [5.41, 5.74) is 6.19. The maximum Gasteiger partial charge on any atom is 0.0283 e. The molecule has 16 heavy (non-hydrogen) atoms. The molecule has 1 fully saturated rings. The molecule has 0 spiro atoms. The predicted molar refractivity (Wildman–Crippen MR) is 71.4 cm³/mol. The Morgan fingerprint density at radius 2 is 1.69 bits per heavy atom. The molecule has 0 amide bonds. The van der Waals surface area contributed by atoms with Crippen molar-refractivity contribution < 1.29 is 0 Å². The highest BCUT2D eigenvalue weighted by Crippen LogP contribution is 2.45. The van der Waals surface area contributed by atoms with Crippen molar-refractivity contribution in [3.05, 3.63) is 34.4 Å². The smallest absolute Gasteiger partial charge is 0.0283 e. The zero-order chi connectivity index (χ0) is 11.8. The van der Waals surface area contributed by atoms with Crippen LogP contribution in [0.4, 0.5) is 0 Å². The number of halogens is 1. The van der Waals surface area contributed by atoms with Gasteiger partial charge >= 0.3 is 0 Å². The van der Waals surface area contributed by atoms with Crippen molar-refractivity contribution in [2.45, 2.75) is 46.5 Å². The third kappa shape index (κ3) is 2.13. The number of benzene rings is 1. The van der Waals surface area contributed by atoms with E-state index < -0.39 is 0 Å². The van der Waals surface area contributed by atoms with Gasteiger partial charge in [0, 0.05) is 5.88 Å². The average molecular weight is 237 g/mol. The average Bonchev–Trinajstić information content (AvgIpc) is 2.14. The number of rotatable bonds is 3. The minimum atomic E-state index is 0.409. The van der Waals surface area contributed by atoms with Gasteiger partial charge in [-0.2, -0.15) is 0 Å². The van der Waals surface area contributed by atoms with Crippen molar-refractivity contribution in [2.75, 3.05) is 5.88 Å². The van der Waals surface area contributed by atoms with Crippen LogP contribution in [0.3, 0.4) is 0 Å². The van der Waals surface area contributed by atoms with Crippen LogP contribution in [0.5, 0.6) is 0 Å². The standard InChI is InChI=1S/C15H21Cl/c1-11-7-12(2)14(13(3)8-11)9-15(10-16)5-4-6-15/h7-8H,4-6,9-10H2,1-3H3. The topological polar surface area (TPSA) is 0 Å². The van der Waals surface area contributed by atoms with Crippen molar-refractivity contribution in [3.8, 4) is 0 Å². The van der Waals surface area contributed by atoms with Crippen molar-refractivity contribution in [3.63, 3.8) is 0 Å². The predicted octanol–water partition coefficient (Wildman–Crippen LogP) is 4.56. The number of hydrogen-bond acceptors (Lipinski definition) is 0. The first-order valence-corrected chi connectivity index (χ1v) is 6.72. The Morgan fingerprint density at radius 1 is 1.12 bits per heavy atom. The lowest BCUT2D eigenvalue weighted by atomic mass is 9.66.